The van der Waals surface area contributed by atoms with Gasteiger partial charge >= 0.3 is 0 Å². The molecule has 0 fully saturated rings. The second kappa shape index (κ2) is 8.80. The number of para-hydroxylation sites is 1. The summed E-state index contributed by atoms with van der Waals surface area (Å²) in [7, 11) is 0. The third kappa shape index (κ3) is 4.00. The first-order valence-electron chi connectivity index (χ1n) is 8.82. The van der Waals surface area contributed by atoms with Crippen LogP contribution in [0.25, 0.3) is 0 Å². The van der Waals surface area contributed by atoms with Crippen molar-refractivity contribution in [2.45, 2.75) is 36.6 Å². The van der Waals surface area contributed by atoms with Gasteiger partial charge in [0.2, 0.25) is 0 Å². The van der Waals surface area contributed by atoms with Gasteiger partial charge in [-0.15, -0.1) is 12.4 Å². The zero-order chi connectivity index (χ0) is 18.0. The van der Waals surface area contributed by atoms with E-state index in [2.05, 4.69) is 67.0 Å². The number of nitrogens with two attached hydrogens (primary N) is 1. The van der Waals surface area contributed by atoms with Crippen molar-refractivity contribution in [2.24, 2.45) is 5.73 Å². The number of benzene rings is 2. The number of nitrogens with zero attached hydrogens (tertiary/aromatic N) is 2. The van der Waals surface area contributed by atoms with E-state index >= 15 is 0 Å². The van der Waals surface area contributed by atoms with Crippen LogP contribution in [0.5, 0.6) is 0 Å². The van der Waals surface area contributed by atoms with Crippen LogP contribution < -0.4 is 10.6 Å². The number of nitrogens with one attached hydrogen (secondary N) is 1. The first-order valence-corrected chi connectivity index (χ1v) is 9.63. The van der Waals surface area contributed by atoms with Gasteiger partial charge in [-0.1, -0.05) is 43.8 Å². The van der Waals surface area contributed by atoms with Crippen molar-refractivity contribution < 1.29 is 0 Å². The second-order valence-corrected chi connectivity index (χ2v) is 7.45. The molecule has 0 saturated carbocycles. The van der Waals surface area contributed by atoms with Crippen LogP contribution in [0, 0.1) is 5.41 Å². The second-order valence-electron chi connectivity index (χ2n) is 6.37. The lowest BCUT2D eigenvalue weighted by Gasteiger charge is -2.39. The van der Waals surface area contributed by atoms with Crippen molar-refractivity contribution in [2.75, 3.05) is 24.5 Å². The Labute approximate surface area is 166 Å². The molecule has 1 aliphatic heterocycles. The number of rotatable bonds is 6. The molecule has 0 bridgehead atoms. The Morgan fingerprint density at radius 1 is 1.12 bits per heavy atom. The molecule has 0 aliphatic carbocycles. The fraction of sp³-hybridized carbons (Fsp3) is 0.350. The third-order valence-corrected chi connectivity index (χ3v) is 5.86. The molecule has 6 heteroatoms. The zero-order valence-corrected chi connectivity index (χ0v) is 17.2. The van der Waals surface area contributed by atoms with Crippen molar-refractivity contribution in [3.63, 3.8) is 0 Å². The lowest BCUT2D eigenvalue weighted by atomic mass is 10.1. The van der Waals surface area contributed by atoms with Gasteiger partial charge in [-0.2, -0.15) is 0 Å². The number of likely N-dealkylation sites (N-methyl/N-ethyl adjacent to an activating group) is 1. The lowest BCUT2D eigenvalue weighted by Crippen LogP contribution is -2.41. The Bertz CT molecular complexity index is 776. The number of fused-ring (bicyclic) bond motifs is 2. The summed E-state index contributed by atoms with van der Waals surface area (Å²) >= 11 is 1.79. The van der Waals surface area contributed by atoms with Crippen LogP contribution >= 0.6 is 24.2 Å². The molecule has 140 valence electrons. The highest BCUT2D eigenvalue weighted by Gasteiger charge is 2.28. The molecule has 26 heavy (non-hydrogen) atoms. The Balaban J connectivity index is 0.00000243. The maximum Gasteiger partial charge on any atom is 0.122 e. The van der Waals surface area contributed by atoms with E-state index in [1.807, 2.05) is 6.07 Å². The van der Waals surface area contributed by atoms with Crippen molar-refractivity contribution in [3.8, 4) is 0 Å². The molecule has 2 aromatic rings. The monoisotopic (exact) mass is 390 g/mol. The average Bonchev–Trinajstić information content (AvgIpc) is 2.63. The van der Waals surface area contributed by atoms with Crippen molar-refractivity contribution in [1.29, 1.82) is 5.41 Å². The van der Waals surface area contributed by atoms with Gasteiger partial charge in [-0.25, -0.2) is 0 Å². The van der Waals surface area contributed by atoms with Gasteiger partial charge in [0.05, 0.1) is 11.4 Å². The predicted molar refractivity (Wildman–Crippen MR) is 115 cm³/mol. The number of hydrogen-bond acceptors (Lipinski definition) is 4. The molecule has 3 N–H and O–H groups in total. The molecular weight excluding hydrogens is 364 g/mol. The molecule has 0 unspecified atom stereocenters. The Kier molecular flexibility index (Phi) is 6.98. The fourth-order valence-electron chi connectivity index (χ4n) is 3.36. The molecule has 0 saturated heterocycles. The molecule has 4 nitrogen and oxygen atoms in total. The Morgan fingerprint density at radius 2 is 1.77 bits per heavy atom. The quantitative estimate of drug-likeness (QED) is 0.553. The summed E-state index contributed by atoms with van der Waals surface area (Å²) in [6, 6.07) is 15.0. The molecule has 1 aliphatic rings. The summed E-state index contributed by atoms with van der Waals surface area (Å²) in [4.78, 5) is 7.35. The average molecular weight is 391 g/mol. The largest absolute Gasteiger partial charge is 0.384 e. The maximum atomic E-state index is 7.79. The van der Waals surface area contributed by atoms with E-state index in [0.29, 0.717) is 6.04 Å². The number of nitrogen functional groups attached to an aromatic ring is 1. The summed E-state index contributed by atoms with van der Waals surface area (Å²) < 4.78 is 0. The topological polar surface area (TPSA) is 56.4 Å². The summed E-state index contributed by atoms with van der Waals surface area (Å²) in [5.41, 5.74) is 8.90. The normalized spacial score (nSPS) is 13.6. The summed E-state index contributed by atoms with van der Waals surface area (Å²) in [5.74, 6) is 0.114. The molecule has 2 aromatic carbocycles. The maximum absolute atomic E-state index is 7.79. The number of halogens is 1. The van der Waals surface area contributed by atoms with Crippen LogP contribution in [-0.4, -0.2) is 36.4 Å². The van der Waals surface area contributed by atoms with Gasteiger partial charge in [0.1, 0.15) is 5.84 Å². The van der Waals surface area contributed by atoms with E-state index in [1.54, 1.807) is 11.8 Å². The molecule has 0 radical (unpaired) electrons. The standard InChI is InChI=1S/C20H26N4S.ClH/c1-4-23(5-2)13-14(3)24-16-8-6-7-9-18(16)25-19-11-10-15(20(21)22)12-17(19)24;/h6-12,14H,4-5,13H2,1-3H3,(H3,21,22);1H/t14-;/m1./s1. The van der Waals surface area contributed by atoms with Crippen LogP contribution in [-0.2, 0) is 0 Å². The van der Waals surface area contributed by atoms with Gasteiger partial charge in [0.25, 0.3) is 0 Å². The smallest absolute Gasteiger partial charge is 0.122 e. The molecule has 1 heterocycles. The van der Waals surface area contributed by atoms with Crippen LogP contribution in [0.2, 0.25) is 0 Å². The number of hydrogen-bond donors (Lipinski definition) is 2. The zero-order valence-electron chi connectivity index (χ0n) is 15.5. The summed E-state index contributed by atoms with van der Waals surface area (Å²) in [6.07, 6.45) is 0. The van der Waals surface area contributed by atoms with E-state index in [1.165, 1.54) is 15.5 Å². The van der Waals surface area contributed by atoms with Gasteiger partial charge in [0.15, 0.2) is 0 Å². The molecule has 3 rings (SSSR count). The number of anilines is 2. The Hall–Kier alpha value is -1.69. The van der Waals surface area contributed by atoms with Gasteiger partial charge in [-0.05, 0) is 44.3 Å². The van der Waals surface area contributed by atoms with Crippen LogP contribution in [0.4, 0.5) is 11.4 Å². The minimum atomic E-state index is 0. The van der Waals surface area contributed by atoms with Gasteiger partial charge in [0, 0.05) is 27.9 Å². The highest BCUT2D eigenvalue weighted by Crippen LogP contribution is 2.49. The van der Waals surface area contributed by atoms with Crippen molar-refractivity contribution in [3.05, 3.63) is 48.0 Å². The number of amidine groups is 1. The highest BCUT2D eigenvalue weighted by atomic mass is 35.5. The van der Waals surface area contributed by atoms with Crippen molar-refractivity contribution >= 4 is 41.4 Å². The molecule has 0 spiro atoms. The van der Waals surface area contributed by atoms with Gasteiger partial charge < -0.3 is 15.5 Å². The minimum Gasteiger partial charge on any atom is -0.384 e. The summed E-state index contributed by atoms with van der Waals surface area (Å²) in [6.45, 7) is 9.78. The van der Waals surface area contributed by atoms with Crippen LogP contribution in [0.1, 0.15) is 26.3 Å². The third-order valence-electron chi connectivity index (χ3n) is 4.73. The predicted octanol–water partition coefficient (Wildman–Crippen LogP) is 4.73. The Morgan fingerprint density at radius 3 is 2.42 bits per heavy atom. The van der Waals surface area contributed by atoms with E-state index in [0.717, 1.165) is 30.9 Å². The molecule has 0 amide bonds. The van der Waals surface area contributed by atoms with Crippen LogP contribution in [0.3, 0.4) is 0 Å². The van der Waals surface area contributed by atoms with Gasteiger partial charge in [-0.3, -0.25) is 5.41 Å². The minimum absolute atomic E-state index is 0. The molecular formula is C20H27ClN4S. The first kappa shape index (κ1) is 20.6. The fourth-order valence-corrected chi connectivity index (χ4v) is 4.41. The van der Waals surface area contributed by atoms with E-state index < -0.39 is 0 Å². The lowest BCUT2D eigenvalue weighted by molar-refractivity contribution is 0.288. The van der Waals surface area contributed by atoms with E-state index in [4.69, 9.17) is 11.1 Å². The first-order chi connectivity index (χ1) is 12.0. The molecule has 1 atom stereocenters. The molecule has 0 aromatic heterocycles. The summed E-state index contributed by atoms with van der Waals surface area (Å²) in [5, 5.41) is 7.79. The van der Waals surface area contributed by atoms with E-state index in [-0.39, 0.29) is 18.2 Å². The van der Waals surface area contributed by atoms with Crippen molar-refractivity contribution in [1.82, 2.24) is 4.90 Å². The highest BCUT2D eigenvalue weighted by molar-refractivity contribution is 7.99. The SMILES string of the molecule is CCN(CC)C[C@@H](C)N1c2ccccc2Sc2ccc(C(=N)N)cc21.Cl. The van der Waals surface area contributed by atoms with Crippen LogP contribution in [0.15, 0.2) is 52.3 Å². The van der Waals surface area contributed by atoms with E-state index in [9.17, 15) is 0 Å².